The molecule has 0 spiro atoms. The van der Waals surface area contributed by atoms with E-state index in [1.165, 1.54) is 4.31 Å². The van der Waals surface area contributed by atoms with Gasteiger partial charge in [-0.15, -0.1) is 0 Å². The maximum atomic E-state index is 12.9. The molecule has 1 aromatic carbocycles. The molecule has 0 saturated carbocycles. The van der Waals surface area contributed by atoms with E-state index in [2.05, 4.69) is 4.57 Å². The Balaban J connectivity index is 2.03. The Kier molecular flexibility index (Phi) is 3.59. The van der Waals surface area contributed by atoms with Crippen LogP contribution >= 0.6 is 11.6 Å². The second kappa shape index (κ2) is 5.16. The lowest BCUT2D eigenvalue weighted by Gasteiger charge is -2.34. The highest BCUT2D eigenvalue weighted by molar-refractivity contribution is 7.89. The van der Waals surface area contributed by atoms with Gasteiger partial charge in [-0.25, -0.2) is 8.42 Å². The van der Waals surface area contributed by atoms with Crippen LogP contribution < -0.4 is 0 Å². The first-order chi connectivity index (χ1) is 9.91. The average Bonchev–Trinajstić information content (AvgIpc) is 2.87. The SMILES string of the molecule is Cc1ccc(S(=O)(=O)N2CCn3cccc3[C@H]2C)c(Cl)c1. The smallest absolute Gasteiger partial charge is 0.245 e. The lowest BCUT2D eigenvalue weighted by Crippen LogP contribution is -2.40. The largest absolute Gasteiger partial charge is 0.349 e. The molecule has 1 aliphatic heterocycles. The summed E-state index contributed by atoms with van der Waals surface area (Å²) in [5, 5.41) is 0.281. The van der Waals surface area contributed by atoms with Crippen molar-refractivity contribution in [2.75, 3.05) is 6.54 Å². The molecule has 2 heterocycles. The van der Waals surface area contributed by atoms with Crippen molar-refractivity contribution < 1.29 is 8.42 Å². The molecule has 21 heavy (non-hydrogen) atoms. The molecule has 1 atom stereocenters. The number of aromatic nitrogens is 1. The molecule has 2 aromatic rings. The Hall–Kier alpha value is -1.30. The minimum absolute atomic E-state index is 0.182. The average molecular weight is 325 g/mol. The first kappa shape index (κ1) is 14.6. The van der Waals surface area contributed by atoms with E-state index in [0.29, 0.717) is 13.1 Å². The highest BCUT2D eigenvalue weighted by atomic mass is 35.5. The number of halogens is 1. The molecule has 0 saturated heterocycles. The Morgan fingerprint density at radius 3 is 2.71 bits per heavy atom. The van der Waals surface area contributed by atoms with E-state index < -0.39 is 10.0 Å². The summed E-state index contributed by atoms with van der Waals surface area (Å²) in [5.74, 6) is 0. The van der Waals surface area contributed by atoms with E-state index in [1.54, 1.807) is 18.2 Å². The Bertz CT molecular complexity index is 783. The lowest BCUT2D eigenvalue weighted by molar-refractivity contribution is 0.282. The molecule has 4 nitrogen and oxygen atoms in total. The molecule has 3 rings (SSSR count). The molecule has 0 radical (unpaired) electrons. The van der Waals surface area contributed by atoms with Crippen molar-refractivity contribution in [1.29, 1.82) is 0 Å². The summed E-state index contributed by atoms with van der Waals surface area (Å²) in [6.45, 7) is 4.91. The molecule has 1 aromatic heterocycles. The van der Waals surface area contributed by atoms with Gasteiger partial charge in [0.2, 0.25) is 10.0 Å². The van der Waals surface area contributed by atoms with Crippen LogP contribution in [0.5, 0.6) is 0 Å². The minimum Gasteiger partial charge on any atom is -0.349 e. The highest BCUT2D eigenvalue weighted by Crippen LogP contribution is 2.33. The van der Waals surface area contributed by atoms with Gasteiger partial charge < -0.3 is 4.57 Å². The first-order valence-electron chi connectivity index (χ1n) is 6.84. The summed E-state index contributed by atoms with van der Waals surface area (Å²) in [6.07, 6.45) is 1.98. The molecule has 0 bridgehead atoms. The third-order valence-corrected chi connectivity index (χ3v) is 6.41. The van der Waals surface area contributed by atoms with Crippen molar-refractivity contribution in [3.05, 3.63) is 52.8 Å². The molecular weight excluding hydrogens is 308 g/mol. The molecule has 0 N–H and O–H groups in total. The number of hydrogen-bond donors (Lipinski definition) is 0. The van der Waals surface area contributed by atoms with Gasteiger partial charge in [-0.05, 0) is 43.7 Å². The third-order valence-electron chi connectivity index (χ3n) is 3.96. The third kappa shape index (κ3) is 2.39. The Labute approximate surface area is 130 Å². The topological polar surface area (TPSA) is 42.3 Å². The van der Waals surface area contributed by atoms with Crippen LogP contribution in [-0.2, 0) is 16.6 Å². The van der Waals surface area contributed by atoms with Crippen LogP contribution in [0.3, 0.4) is 0 Å². The summed E-state index contributed by atoms with van der Waals surface area (Å²) in [5.41, 5.74) is 1.95. The van der Waals surface area contributed by atoms with Crippen LogP contribution in [0.4, 0.5) is 0 Å². The second-order valence-corrected chi connectivity index (χ2v) is 7.62. The predicted octanol–water partition coefficient (Wildman–Crippen LogP) is 3.22. The minimum atomic E-state index is -3.59. The van der Waals surface area contributed by atoms with Crippen molar-refractivity contribution >= 4 is 21.6 Å². The van der Waals surface area contributed by atoms with Crippen molar-refractivity contribution in [3.8, 4) is 0 Å². The van der Waals surface area contributed by atoms with Gasteiger partial charge in [0.25, 0.3) is 0 Å². The fourth-order valence-electron chi connectivity index (χ4n) is 2.83. The van der Waals surface area contributed by atoms with Crippen molar-refractivity contribution in [1.82, 2.24) is 8.87 Å². The summed E-state index contributed by atoms with van der Waals surface area (Å²) in [6, 6.07) is 8.76. The molecule has 6 heteroatoms. The summed E-state index contributed by atoms with van der Waals surface area (Å²) in [7, 11) is -3.59. The Morgan fingerprint density at radius 2 is 2.00 bits per heavy atom. The highest BCUT2D eigenvalue weighted by Gasteiger charge is 2.34. The normalized spacial score (nSPS) is 19.5. The second-order valence-electron chi connectivity index (χ2n) is 5.35. The number of benzene rings is 1. The monoisotopic (exact) mass is 324 g/mol. The van der Waals surface area contributed by atoms with Crippen molar-refractivity contribution in [3.63, 3.8) is 0 Å². The van der Waals surface area contributed by atoms with Gasteiger partial charge >= 0.3 is 0 Å². The zero-order valence-electron chi connectivity index (χ0n) is 12.0. The van der Waals surface area contributed by atoms with Crippen LogP contribution in [0, 0.1) is 6.92 Å². The van der Waals surface area contributed by atoms with Crippen LogP contribution in [0.1, 0.15) is 24.2 Å². The van der Waals surface area contributed by atoms with E-state index in [1.807, 2.05) is 32.2 Å². The Morgan fingerprint density at radius 1 is 1.24 bits per heavy atom. The van der Waals surface area contributed by atoms with Gasteiger partial charge in [-0.2, -0.15) is 4.31 Å². The van der Waals surface area contributed by atoms with Gasteiger partial charge in [0.1, 0.15) is 4.90 Å². The zero-order valence-corrected chi connectivity index (χ0v) is 13.5. The number of hydrogen-bond acceptors (Lipinski definition) is 2. The molecule has 0 unspecified atom stereocenters. The zero-order chi connectivity index (χ0) is 15.2. The van der Waals surface area contributed by atoms with E-state index in [-0.39, 0.29) is 16.0 Å². The fourth-order valence-corrected chi connectivity index (χ4v) is 5.00. The van der Waals surface area contributed by atoms with E-state index in [4.69, 9.17) is 11.6 Å². The van der Waals surface area contributed by atoms with E-state index in [9.17, 15) is 8.42 Å². The maximum Gasteiger partial charge on any atom is 0.245 e. The number of rotatable bonds is 2. The lowest BCUT2D eigenvalue weighted by atomic mass is 10.2. The van der Waals surface area contributed by atoms with E-state index >= 15 is 0 Å². The molecule has 112 valence electrons. The fraction of sp³-hybridized carbons (Fsp3) is 0.333. The number of fused-ring (bicyclic) bond motifs is 1. The van der Waals surface area contributed by atoms with Crippen LogP contribution in [0.25, 0.3) is 0 Å². The maximum absolute atomic E-state index is 12.9. The van der Waals surface area contributed by atoms with E-state index in [0.717, 1.165) is 11.3 Å². The van der Waals surface area contributed by atoms with Gasteiger partial charge in [0, 0.05) is 25.0 Å². The summed E-state index contributed by atoms with van der Waals surface area (Å²) < 4.78 is 29.4. The van der Waals surface area contributed by atoms with Crippen molar-refractivity contribution in [2.24, 2.45) is 0 Å². The summed E-state index contributed by atoms with van der Waals surface area (Å²) in [4.78, 5) is 0.182. The number of nitrogens with zero attached hydrogens (tertiary/aromatic N) is 2. The van der Waals surface area contributed by atoms with Crippen LogP contribution in [-0.4, -0.2) is 23.8 Å². The molecular formula is C15H17ClN2O2S. The van der Waals surface area contributed by atoms with Gasteiger partial charge in [0.15, 0.2) is 0 Å². The first-order valence-corrected chi connectivity index (χ1v) is 8.66. The van der Waals surface area contributed by atoms with Gasteiger partial charge in [0.05, 0.1) is 11.1 Å². The van der Waals surface area contributed by atoms with Gasteiger partial charge in [-0.3, -0.25) is 0 Å². The quantitative estimate of drug-likeness (QED) is 0.851. The van der Waals surface area contributed by atoms with Crippen LogP contribution in [0.15, 0.2) is 41.4 Å². The number of sulfonamides is 1. The van der Waals surface area contributed by atoms with Crippen molar-refractivity contribution in [2.45, 2.75) is 31.3 Å². The molecule has 0 aliphatic carbocycles. The molecule has 0 amide bonds. The standard InChI is InChI=1S/C15H17ClN2O2S/c1-11-5-6-15(13(16)10-11)21(19,20)18-9-8-17-7-3-4-14(17)12(18)2/h3-7,10,12H,8-9H2,1-2H3/t12-/m1/s1. The van der Waals surface area contributed by atoms with Gasteiger partial charge in [-0.1, -0.05) is 17.7 Å². The van der Waals surface area contributed by atoms with Crippen LogP contribution in [0.2, 0.25) is 5.02 Å². The summed E-state index contributed by atoms with van der Waals surface area (Å²) >= 11 is 6.15. The molecule has 1 aliphatic rings. The number of aryl methyl sites for hydroxylation is 1. The molecule has 0 fully saturated rings. The predicted molar refractivity (Wildman–Crippen MR) is 82.9 cm³/mol.